The first kappa shape index (κ1) is 14.9. The highest BCUT2D eigenvalue weighted by Crippen LogP contribution is 2.28. The fraction of sp³-hybridized carbons (Fsp3) is 0.529. The van der Waals surface area contributed by atoms with Crippen LogP contribution in [0.2, 0.25) is 0 Å². The quantitative estimate of drug-likeness (QED) is 0.876. The van der Waals surface area contributed by atoms with Crippen molar-refractivity contribution in [3.8, 4) is 5.75 Å². The molecule has 118 valence electrons. The van der Waals surface area contributed by atoms with E-state index in [1.807, 2.05) is 12.1 Å². The van der Waals surface area contributed by atoms with Gasteiger partial charge in [-0.05, 0) is 56.7 Å². The van der Waals surface area contributed by atoms with Crippen LogP contribution in [0.15, 0.2) is 24.3 Å². The average molecular weight is 303 g/mol. The van der Waals surface area contributed by atoms with Crippen LogP contribution in [0.4, 0.5) is 0 Å². The van der Waals surface area contributed by atoms with E-state index in [0.29, 0.717) is 18.4 Å². The van der Waals surface area contributed by atoms with Crippen LogP contribution in [0, 0.1) is 5.92 Å². The van der Waals surface area contributed by atoms with Gasteiger partial charge in [-0.25, -0.2) is 0 Å². The molecule has 0 radical (unpaired) electrons. The smallest absolute Gasteiger partial charge is 0.306 e. The van der Waals surface area contributed by atoms with Gasteiger partial charge in [0.05, 0.1) is 12.0 Å². The molecule has 2 fully saturated rings. The Bertz CT molecular complexity index is 560. The lowest BCUT2D eigenvalue weighted by atomic mass is 9.80. The minimum Gasteiger partial charge on any atom is -0.490 e. The molecular weight excluding hydrogens is 282 g/mol. The SMILES string of the molecule is O=C(NC1CC(C(=O)O)C1)c1cccc(OC2CCCC2)c1. The summed E-state index contributed by atoms with van der Waals surface area (Å²) >= 11 is 0. The topological polar surface area (TPSA) is 75.6 Å². The molecule has 0 spiro atoms. The Morgan fingerprint density at radius 2 is 1.91 bits per heavy atom. The summed E-state index contributed by atoms with van der Waals surface area (Å²) in [5.41, 5.74) is 0.564. The van der Waals surface area contributed by atoms with Gasteiger partial charge in [-0.2, -0.15) is 0 Å². The van der Waals surface area contributed by atoms with Gasteiger partial charge in [0.15, 0.2) is 0 Å². The normalized spacial score (nSPS) is 24.5. The highest BCUT2D eigenvalue weighted by atomic mass is 16.5. The average Bonchev–Trinajstić information content (AvgIpc) is 2.95. The second kappa shape index (κ2) is 6.38. The number of hydrogen-bond acceptors (Lipinski definition) is 3. The summed E-state index contributed by atoms with van der Waals surface area (Å²) in [6, 6.07) is 7.18. The van der Waals surface area contributed by atoms with Crippen molar-refractivity contribution >= 4 is 11.9 Å². The number of nitrogens with one attached hydrogen (secondary N) is 1. The van der Waals surface area contributed by atoms with E-state index in [4.69, 9.17) is 9.84 Å². The number of amides is 1. The number of ether oxygens (including phenoxy) is 1. The van der Waals surface area contributed by atoms with Gasteiger partial charge in [0, 0.05) is 11.6 Å². The molecule has 22 heavy (non-hydrogen) atoms. The zero-order chi connectivity index (χ0) is 15.5. The Balaban J connectivity index is 1.55. The third-order valence-electron chi connectivity index (χ3n) is 4.52. The van der Waals surface area contributed by atoms with Crippen LogP contribution in [-0.4, -0.2) is 29.1 Å². The highest BCUT2D eigenvalue weighted by molar-refractivity contribution is 5.95. The molecule has 5 nitrogen and oxygen atoms in total. The second-order valence-corrected chi connectivity index (χ2v) is 6.23. The van der Waals surface area contributed by atoms with E-state index in [2.05, 4.69) is 5.32 Å². The summed E-state index contributed by atoms with van der Waals surface area (Å²) in [7, 11) is 0. The molecule has 0 bridgehead atoms. The molecule has 1 aromatic rings. The molecular formula is C17H21NO4. The van der Waals surface area contributed by atoms with Crippen molar-refractivity contribution in [3.63, 3.8) is 0 Å². The summed E-state index contributed by atoms with van der Waals surface area (Å²) in [4.78, 5) is 23.0. The molecule has 3 rings (SSSR count). The van der Waals surface area contributed by atoms with E-state index in [9.17, 15) is 9.59 Å². The molecule has 2 saturated carbocycles. The molecule has 0 atom stereocenters. The van der Waals surface area contributed by atoms with Crippen molar-refractivity contribution in [3.05, 3.63) is 29.8 Å². The van der Waals surface area contributed by atoms with Crippen molar-refractivity contribution in [2.24, 2.45) is 5.92 Å². The number of carboxylic acids is 1. The first-order valence-electron chi connectivity index (χ1n) is 7.92. The Morgan fingerprint density at radius 3 is 2.59 bits per heavy atom. The molecule has 0 saturated heterocycles. The third kappa shape index (κ3) is 3.40. The number of rotatable bonds is 5. The number of hydrogen-bond donors (Lipinski definition) is 2. The predicted molar refractivity (Wildman–Crippen MR) is 80.9 cm³/mol. The lowest BCUT2D eigenvalue weighted by Gasteiger charge is -2.32. The minimum atomic E-state index is -0.780. The molecule has 5 heteroatoms. The Hall–Kier alpha value is -2.04. The van der Waals surface area contributed by atoms with E-state index < -0.39 is 5.97 Å². The lowest BCUT2D eigenvalue weighted by Crippen LogP contribution is -2.46. The fourth-order valence-corrected chi connectivity index (χ4v) is 3.12. The maximum atomic E-state index is 12.2. The summed E-state index contributed by atoms with van der Waals surface area (Å²) in [5.74, 6) is -0.526. The van der Waals surface area contributed by atoms with Crippen LogP contribution < -0.4 is 10.1 Å². The van der Waals surface area contributed by atoms with E-state index in [1.165, 1.54) is 12.8 Å². The summed E-state index contributed by atoms with van der Waals surface area (Å²) in [5, 5.41) is 11.7. The number of aliphatic carboxylic acids is 1. The van der Waals surface area contributed by atoms with Gasteiger partial charge in [0.2, 0.25) is 0 Å². The Morgan fingerprint density at radius 1 is 1.18 bits per heavy atom. The molecule has 2 aliphatic rings. The van der Waals surface area contributed by atoms with Crippen molar-refractivity contribution < 1.29 is 19.4 Å². The van der Waals surface area contributed by atoms with E-state index in [-0.39, 0.29) is 24.0 Å². The van der Waals surface area contributed by atoms with Crippen molar-refractivity contribution in [1.82, 2.24) is 5.32 Å². The third-order valence-corrected chi connectivity index (χ3v) is 4.52. The zero-order valence-corrected chi connectivity index (χ0v) is 12.5. The van der Waals surface area contributed by atoms with Crippen molar-refractivity contribution in [2.45, 2.75) is 50.7 Å². The van der Waals surface area contributed by atoms with E-state index >= 15 is 0 Å². The molecule has 0 unspecified atom stereocenters. The Kier molecular flexibility index (Phi) is 4.32. The predicted octanol–water partition coefficient (Wildman–Crippen LogP) is 2.60. The molecule has 0 aromatic heterocycles. The monoisotopic (exact) mass is 303 g/mol. The zero-order valence-electron chi connectivity index (χ0n) is 12.5. The largest absolute Gasteiger partial charge is 0.490 e. The van der Waals surface area contributed by atoms with Crippen molar-refractivity contribution in [1.29, 1.82) is 0 Å². The summed E-state index contributed by atoms with van der Waals surface area (Å²) < 4.78 is 5.90. The van der Waals surface area contributed by atoms with Gasteiger partial charge in [0.25, 0.3) is 5.91 Å². The Labute approximate surface area is 129 Å². The molecule has 0 heterocycles. The summed E-state index contributed by atoms with van der Waals surface area (Å²) in [6.07, 6.45) is 5.86. The van der Waals surface area contributed by atoms with E-state index in [1.54, 1.807) is 12.1 Å². The number of carbonyl (C=O) groups excluding carboxylic acids is 1. The van der Waals surface area contributed by atoms with Crippen LogP contribution in [0.3, 0.4) is 0 Å². The van der Waals surface area contributed by atoms with Gasteiger partial charge in [-0.15, -0.1) is 0 Å². The maximum absolute atomic E-state index is 12.2. The lowest BCUT2D eigenvalue weighted by molar-refractivity contribution is -0.145. The number of carboxylic acid groups (broad SMARTS) is 1. The molecule has 2 aliphatic carbocycles. The van der Waals surface area contributed by atoms with Crippen LogP contribution in [0.5, 0.6) is 5.75 Å². The van der Waals surface area contributed by atoms with Crippen LogP contribution >= 0.6 is 0 Å². The minimum absolute atomic E-state index is 0.0343. The highest BCUT2D eigenvalue weighted by Gasteiger charge is 2.35. The van der Waals surface area contributed by atoms with E-state index in [0.717, 1.165) is 18.6 Å². The number of carbonyl (C=O) groups is 2. The fourth-order valence-electron chi connectivity index (χ4n) is 3.12. The number of benzene rings is 1. The first-order chi connectivity index (χ1) is 10.6. The van der Waals surface area contributed by atoms with Gasteiger partial charge in [0.1, 0.15) is 5.75 Å². The van der Waals surface area contributed by atoms with Gasteiger partial charge < -0.3 is 15.2 Å². The second-order valence-electron chi connectivity index (χ2n) is 6.23. The molecule has 1 aromatic carbocycles. The van der Waals surface area contributed by atoms with Crippen LogP contribution in [0.25, 0.3) is 0 Å². The molecule has 0 aliphatic heterocycles. The first-order valence-corrected chi connectivity index (χ1v) is 7.92. The summed E-state index contributed by atoms with van der Waals surface area (Å²) in [6.45, 7) is 0. The van der Waals surface area contributed by atoms with Gasteiger partial charge in [-0.3, -0.25) is 9.59 Å². The molecule has 2 N–H and O–H groups in total. The van der Waals surface area contributed by atoms with Crippen molar-refractivity contribution in [2.75, 3.05) is 0 Å². The van der Waals surface area contributed by atoms with Crippen LogP contribution in [0.1, 0.15) is 48.9 Å². The molecule has 1 amide bonds. The van der Waals surface area contributed by atoms with Gasteiger partial charge >= 0.3 is 5.97 Å². The van der Waals surface area contributed by atoms with Crippen LogP contribution in [-0.2, 0) is 4.79 Å². The standard InChI is InChI=1S/C17H21NO4/c19-16(18-13-8-12(9-13)17(20)21)11-4-3-7-15(10-11)22-14-5-1-2-6-14/h3-4,7,10,12-14H,1-2,5-6,8-9H2,(H,18,19)(H,20,21). The van der Waals surface area contributed by atoms with Gasteiger partial charge in [-0.1, -0.05) is 6.07 Å². The maximum Gasteiger partial charge on any atom is 0.306 e.